The van der Waals surface area contributed by atoms with E-state index in [1.165, 1.54) is 5.56 Å². The van der Waals surface area contributed by atoms with Crippen molar-refractivity contribution in [3.05, 3.63) is 65.2 Å². The summed E-state index contributed by atoms with van der Waals surface area (Å²) >= 11 is 0. The van der Waals surface area contributed by atoms with E-state index in [9.17, 15) is 8.42 Å². The van der Waals surface area contributed by atoms with Crippen LogP contribution in [-0.4, -0.2) is 44.6 Å². The monoisotopic (exact) mass is 401 g/mol. The molecule has 6 heteroatoms. The minimum Gasteiger partial charge on any atom is -0.373 e. The van der Waals surface area contributed by atoms with Crippen LogP contribution in [0, 0.1) is 13.8 Å². The average molecular weight is 402 g/mol. The summed E-state index contributed by atoms with van der Waals surface area (Å²) in [6.07, 6.45) is 1.29. The average Bonchev–Trinajstić information content (AvgIpc) is 2.68. The molecule has 2 aliphatic heterocycles. The molecule has 1 spiro atoms. The summed E-state index contributed by atoms with van der Waals surface area (Å²) in [4.78, 5) is 0.345. The molecule has 2 aromatic rings. The molecule has 0 saturated carbocycles. The third-order valence-corrected chi connectivity index (χ3v) is 7.58. The van der Waals surface area contributed by atoms with Gasteiger partial charge in [-0.05, 0) is 31.5 Å². The second-order valence-corrected chi connectivity index (χ2v) is 9.85. The number of hydrogen-bond acceptors (Lipinski definition) is 4. The van der Waals surface area contributed by atoms with Crippen molar-refractivity contribution in [3.63, 3.8) is 0 Å². The first-order chi connectivity index (χ1) is 13.4. The van der Waals surface area contributed by atoms with Crippen LogP contribution in [-0.2, 0) is 19.5 Å². The Labute approximate surface area is 167 Å². The van der Waals surface area contributed by atoms with Crippen LogP contribution >= 0.6 is 0 Å². The summed E-state index contributed by atoms with van der Waals surface area (Å²) in [6, 6.07) is 15.4. The van der Waals surface area contributed by atoms with Crippen molar-refractivity contribution in [2.45, 2.75) is 43.3 Å². The minimum atomic E-state index is -3.53. The maximum atomic E-state index is 13.2. The first kappa shape index (κ1) is 19.6. The Morgan fingerprint density at radius 1 is 1.04 bits per heavy atom. The molecule has 0 amide bonds. The molecular formula is C22H27NO4S. The zero-order valence-corrected chi connectivity index (χ0v) is 17.2. The fourth-order valence-electron chi connectivity index (χ4n) is 4.12. The van der Waals surface area contributed by atoms with Crippen LogP contribution < -0.4 is 0 Å². The van der Waals surface area contributed by atoms with Gasteiger partial charge in [0.2, 0.25) is 10.0 Å². The number of rotatable bonds is 3. The predicted molar refractivity (Wildman–Crippen MR) is 108 cm³/mol. The fraction of sp³-hybridized carbons (Fsp3) is 0.455. The molecule has 4 rings (SSSR count). The molecular weight excluding hydrogens is 374 g/mol. The Bertz CT molecular complexity index is 937. The SMILES string of the molecule is Cc1ccc(S(=O)(=O)N2CCO[C@]3(CCO[C@H](c4cccc(C)c4)C3)C2)cc1. The maximum absolute atomic E-state index is 13.2. The van der Waals surface area contributed by atoms with E-state index in [2.05, 4.69) is 25.1 Å². The van der Waals surface area contributed by atoms with Crippen molar-refractivity contribution in [3.8, 4) is 0 Å². The Hall–Kier alpha value is -1.73. The Balaban J connectivity index is 1.56. The van der Waals surface area contributed by atoms with Gasteiger partial charge in [0, 0.05) is 25.9 Å². The highest BCUT2D eigenvalue weighted by Gasteiger charge is 2.45. The van der Waals surface area contributed by atoms with Crippen LogP contribution in [0.15, 0.2) is 53.4 Å². The van der Waals surface area contributed by atoms with Gasteiger partial charge in [-0.1, -0.05) is 47.5 Å². The van der Waals surface area contributed by atoms with Crippen molar-refractivity contribution in [1.82, 2.24) is 4.31 Å². The van der Waals surface area contributed by atoms with Gasteiger partial charge >= 0.3 is 0 Å². The van der Waals surface area contributed by atoms with Crippen molar-refractivity contribution in [2.75, 3.05) is 26.3 Å². The van der Waals surface area contributed by atoms with Gasteiger partial charge in [-0.2, -0.15) is 4.31 Å². The molecule has 2 fully saturated rings. The molecule has 0 unspecified atom stereocenters. The highest BCUT2D eigenvalue weighted by Crippen LogP contribution is 2.40. The number of sulfonamides is 1. The van der Waals surface area contributed by atoms with E-state index in [1.54, 1.807) is 16.4 Å². The quantitative estimate of drug-likeness (QED) is 0.788. The van der Waals surface area contributed by atoms with Gasteiger partial charge < -0.3 is 9.47 Å². The molecule has 0 N–H and O–H groups in total. The smallest absolute Gasteiger partial charge is 0.243 e. The molecule has 2 aliphatic rings. The van der Waals surface area contributed by atoms with Crippen molar-refractivity contribution in [1.29, 1.82) is 0 Å². The van der Waals surface area contributed by atoms with Crippen LogP contribution in [0.1, 0.15) is 35.6 Å². The Morgan fingerprint density at radius 3 is 2.57 bits per heavy atom. The molecule has 0 bridgehead atoms. The number of aryl methyl sites for hydroxylation is 2. The lowest BCUT2D eigenvalue weighted by molar-refractivity contribution is -0.163. The zero-order chi connectivity index (χ0) is 19.8. The van der Waals surface area contributed by atoms with E-state index >= 15 is 0 Å². The maximum Gasteiger partial charge on any atom is 0.243 e. The van der Waals surface area contributed by atoms with E-state index < -0.39 is 15.6 Å². The Morgan fingerprint density at radius 2 is 1.82 bits per heavy atom. The summed E-state index contributed by atoms with van der Waals surface area (Å²) in [5.41, 5.74) is 2.86. The van der Waals surface area contributed by atoms with Crippen molar-refractivity contribution < 1.29 is 17.9 Å². The molecule has 28 heavy (non-hydrogen) atoms. The lowest BCUT2D eigenvalue weighted by Crippen LogP contribution is -2.56. The van der Waals surface area contributed by atoms with E-state index in [0.717, 1.165) is 11.1 Å². The standard InChI is InChI=1S/C22H27NO4S/c1-17-6-8-20(9-7-17)28(24,25)23-11-13-27-22(16-23)10-12-26-21(15-22)19-5-3-4-18(2)14-19/h3-9,14,21H,10-13,15-16H2,1-2H3/t21-,22-/m0/s1. The van der Waals surface area contributed by atoms with Crippen molar-refractivity contribution >= 4 is 10.0 Å². The Kier molecular flexibility index (Phi) is 5.31. The molecule has 0 radical (unpaired) electrons. The van der Waals surface area contributed by atoms with Gasteiger partial charge in [0.25, 0.3) is 0 Å². The molecule has 150 valence electrons. The summed E-state index contributed by atoms with van der Waals surface area (Å²) in [7, 11) is -3.53. The first-order valence-electron chi connectivity index (χ1n) is 9.77. The van der Waals surface area contributed by atoms with Gasteiger partial charge in [0.05, 0.1) is 29.8 Å². The van der Waals surface area contributed by atoms with Crippen LogP contribution in [0.4, 0.5) is 0 Å². The minimum absolute atomic E-state index is 0.0734. The summed E-state index contributed by atoms with van der Waals surface area (Å²) in [6.45, 7) is 5.74. The normalized spacial score (nSPS) is 26.4. The number of ether oxygens (including phenoxy) is 2. The number of morpholine rings is 1. The summed E-state index contributed by atoms with van der Waals surface area (Å²) < 4.78 is 40.1. The molecule has 2 atom stereocenters. The largest absolute Gasteiger partial charge is 0.373 e. The first-order valence-corrected chi connectivity index (χ1v) is 11.2. The molecule has 5 nitrogen and oxygen atoms in total. The fourth-order valence-corrected chi connectivity index (χ4v) is 5.62. The third kappa shape index (κ3) is 3.87. The van der Waals surface area contributed by atoms with Crippen LogP contribution in [0.2, 0.25) is 0 Å². The topological polar surface area (TPSA) is 55.8 Å². The second-order valence-electron chi connectivity index (χ2n) is 7.91. The number of hydrogen-bond donors (Lipinski definition) is 0. The molecule has 2 aromatic carbocycles. The van der Waals surface area contributed by atoms with Crippen LogP contribution in [0.25, 0.3) is 0 Å². The van der Waals surface area contributed by atoms with E-state index in [1.807, 2.05) is 25.1 Å². The molecule has 0 aromatic heterocycles. The molecule has 0 aliphatic carbocycles. The van der Waals surface area contributed by atoms with E-state index in [-0.39, 0.29) is 6.10 Å². The van der Waals surface area contributed by atoms with E-state index in [0.29, 0.717) is 44.0 Å². The lowest BCUT2D eigenvalue weighted by atomic mass is 9.86. The number of nitrogens with zero attached hydrogens (tertiary/aromatic N) is 1. The lowest BCUT2D eigenvalue weighted by Gasteiger charge is -2.46. The van der Waals surface area contributed by atoms with Crippen LogP contribution in [0.3, 0.4) is 0 Å². The van der Waals surface area contributed by atoms with Gasteiger partial charge in [-0.25, -0.2) is 8.42 Å². The van der Waals surface area contributed by atoms with Gasteiger partial charge in [-0.3, -0.25) is 0 Å². The second kappa shape index (κ2) is 7.59. The number of benzene rings is 2. The summed E-state index contributed by atoms with van der Waals surface area (Å²) in [5, 5.41) is 0. The van der Waals surface area contributed by atoms with Crippen molar-refractivity contribution in [2.24, 2.45) is 0 Å². The predicted octanol–water partition coefficient (Wildman–Crippen LogP) is 3.61. The van der Waals surface area contributed by atoms with Gasteiger partial charge in [-0.15, -0.1) is 0 Å². The molecule has 2 heterocycles. The van der Waals surface area contributed by atoms with Gasteiger partial charge in [0.1, 0.15) is 0 Å². The van der Waals surface area contributed by atoms with Gasteiger partial charge in [0.15, 0.2) is 0 Å². The highest BCUT2D eigenvalue weighted by molar-refractivity contribution is 7.89. The van der Waals surface area contributed by atoms with Crippen LogP contribution in [0.5, 0.6) is 0 Å². The van der Waals surface area contributed by atoms with E-state index in [4.69, 9.17) is 9.47 Å². The highest BCUT2D eigenvalue weighted by atomic mass is 32.2. The molecule has 2 saturated heterocycles. The third-order valence-electron chi connectivity index (χ3n) is 5.72. The summed E-state index contributed by atoms with van der Waals surface area (Å²) in [5.74, 6) is 0. The zero-order valence-electron chi connectivity index (χ0n) is 16.4.